The maximum atomic E-state index is 12.1. The number of halogens is 1. The Morgan fingerprint density at radius 2 is 2.31 bits per heavy atom. The average molecular weight is 185 g/mol. The molecule has 2 unspecified atom stereocenters. The normalized spacial score (nSPS) is 31.1. The lowest BCUT2D eigenvalue weighted by molar-refractivity contribution is 0.00459. The van der Waals surface area contributed by atoms with Crippen molar-refractivity contribution in [1.82, 2.24) is 5.32 Å². The quantitative estimate of drug-likeness (QED) is 0.661. The molecule has 1 aliphatic heterocycles. The molecule has 0 aliphatic carbocycles. The van der Waals surface area contributed by atoms with Gasteiger partial charge in [-0.1, -0.05) is 13.8 Å². The zero-order chi connectivity index (χ0) is 9.84. The van der Waals surface area contributed by atoms with E-state index < -0.39 is 6.26 Å². The van der Waals surface area contributed by atoms with Gasteiger partial charge in [-0.05, 0) is 18.3 Å². The fraction of sp³-hybridized carbons (Fsp3) is 1.00. The van der Waals surface area contributed by atoms with Gasteiger partial charge in [-0.15, -0.1) is 0 Å². The van der Waals surface area contributed by atoms with E-state index in [1.165, 1.54) is 0 Å². The van der Waals surface area contributed by atoms with Gasteiger partial charge in [0.1, 0.15) is 0 Å². The highest BCUT2D eigenvalue weighted by Gasteiger charge is 2.26. The number of rotatable bonds is 4. The van der Waals surface area contributed by atoms with Crippen molar-refractivity contribution in [3.8, 4) is 0 Å². The van der Waals surface area contributed by atoms with Crippen molar-refractivity contribution in [1.29, 1.82) is 0 Å². The van der Waals surface area contributed by atoms with Crippen LogP contribution in [-0.2, 0) is 4.74 Å². The molecule has 0 saturated carbocycles. The summed E-state index contributed by atoms with van der Waals surface area (Å²) in [5, 5.41) is 3.39. The molecule has 0 aromatic rings. The third-order valence-corrected chi connectivity index (χ3v) is 2.55. The van der Waals surface area contributed by atoms with E-state index in [0.29, 0.717) is 24.5 Å². The van der Waals surface area contributed by atoms with E-state index in [1.807, 2.05) is 0 Å². The molecular formula is C9H17BFNO. The first-order valence-electron chi connectivity index (χ1n) is 4.84. The summed E-state index contributed by atoms with van der Waals surface area (Å²) in [6.07, 6.45) is -0.567. The van der Waals surface area contributed by atoms with Gasteiger partial charge >= 0.3 is 0 Å². The predicted octanol–water partition coefficient (Wildman–Crippen LogP) is 1.06. The number of alkyl halides is 1. The lowest BCUT2D eigenvalue weighted by atomic mass is 9.98. The molecule has 13 heavy (non-hydrogen) atoms. The van der Waals surface area contributed by atoms with E-state index in [-0.39, 0.29) is 0 Å². The molecule has 1 fully saturated rings. The maximum absolute atomic E-state index is 12.1. The third-order valence-electron chi connectivity index (χ3n) is 2.55. The van der Waals surface area contributed by atoms with Crippen molar-refractivity contribution in [3.63, 3.8) is 0 Å². The van der Waals surface area contributed by atoms with Crippen LogP contribution in [0.4, 0.5) is 4.39 Å². The van der Waals surface area contributed by atoms with Gasteiger partial charge in [-0.2, -0.15) is 0 Å². The van der Waals surface area contributed by atoms with Gasteiger partial charge in [-0.25, -0.2) is 4.39 Å². The van der Waals surface area contributed by atoms with Crippen molar-refractivity contribution in [2.75, 3.05) is 13.2 Å². The molecule has 74 valence electrons. The van der Waals surface area contributed by atoms with Gasteiger partial charge in [0, 0.05) is 12.6 Å². The highest BCUT2D eigenvalue weighted by molar-refractivity contribution is 6.09. The van der Waals surface area contributed by atoms with Crippen LogP contribution in [0, 0.1) is 11.8 Å². The zero-order valence-corrected chi connectivity index (χ0v) is 8.29. The zero-order valence-electron chi connectivity index (χ0n) is 8.29. The highest BCUT2D eigenvalue weighted by atomic mass is 19.1. The monoisotopic (exact) mass is 185 g/mol. The highest BCUT2D eigenvalue weighted by Crippen LogP contribution is 2.20. The molecule has 0 aromatic carbocycles. The number of hydrogen-bond acceptors (Lipinski definition) is 2. The largest absolute Gasteiger partial charge is 0.357 e. The van der Waals surface area contributed by atoms with Crippen LogP contribution in [0.1, 0.15) is 20.3 Å². The van der Waals surface area contributed by atoms with Gasteiger partial charge in [0.15, 0.2) is 14.1 Å². The Labute approximate surface area is 80.6 Å². The summed E-state index contributed by atoms with van der Waals surface area (Å²) in [5.41, 5.74) is 0. The van der Waals surface area contributed by atoms with Crippen molar-refractivity contribution >= 4 is 7.85 Å². The summed E-state index contributed by atoms with van der Waals surface area (Å²) < 4.78 is 16.9. The second kappa shape index (κ2) is 4.96. The van der Waals surface area contributed by atoms with Crippen LogP contribution in [0.2, 0.25) is 0 Å². The summed E-state index contributed by atoms with van der Waals surface area (Å²) in [7, 11) is 4.86. The lowest BCUT2D eigenvalue weighted by Gasteiger charge is -2.14. The van der Waals surface area contributed by atoms with Crippen LogP contribution < -0.4 is 5.32 Å². The topological polar surface area (TPSA) is 21.3 Å². The van der Waals surface area contributed by atoms with Gasteiger partial charge in [0.25, 0.3) is 0 Å². The molecule has 0 spiro atoms. The van der Waals surface area contributed by atoms with E-state index in [4.69, 9.17) is 12.6 Å². The number of nitrogens with one attached hydrogen (secondary N) is 1. The van der Waals surface area contributed by atoms with Crippen molar-refractivity contribution in [2.24, 2.45) is 11.8 Å². The van der Waals surface area contributed by atoms with E-state index >= 15 is 0 Å². The van der Waals surface area contributed by atoms with Gasteiger partial charge in [0.2, 0.25) is 0 Å². The number of hydrogen-bond donors (Lipinski definition) is 1. The predicted molar refractivity (Wildman–Crippen MR) is 51.3 cm³/mol. The first-order chi connectivity index (χ1) is 6.09. The van der Waals surface area contributed by atoms with Crippen LogP contribution in [0.25, 0.3) is 0 Å². The van der Waals surface area contributed by atoms with Crippen molar-refractivity contribution < 1.29 is 9.13 Å². The summed E-state index contributed by atoms with van der Waals surface area (Å²) in [5.74, 6) is 1.04. The summed E-state index contributed by atoms with van der Waals surface area (Å²) >= 11 is 0. The van der Waals surface area contributed by atoms with Gasteiger partial charge in [-0.3, -0.25) is 0 Å². The fourth-order valence-corrected chi connectivity index (χ4v) is 1.71. The van der Waals surface area contributed by atoms with Gasteiger partial charge in [0.05, 0.1) is 6.61 Å². The van der Waals surface area contributed by atoms with Crippen LogP contribution in [-0.4, -0.2) is 33.3 Å². The Kier molecular flexibility index (Phi) is 4.20. The van der Waals surface area contributed by atoms with E-state index in [2.05, 4.69) is 19.2 Å². The average Bonchev–Trinajstić information content (AvgIpc) is 2.48. The summed E-state index contributed by atoms with van der Waals surface area (Å²) in [6, 6.07) is 0.546. The van der Waals surface area contributed by atoms with Crippen LogP contribution in [0.15, 0.2) is 0 Å². The Balaban J connectivity index is 2.17. The van der Waals surface area contributed by atoms with Crippen LogP contribution in [0.3, 0.4) is 0 Å². The summed E-state index contributed by atoms with van der Waals surface area (Å²) in [4.78, 5) is 0. The lowest BCUT2D eigenvalue weighted by Crippen LogP contribution is -2.26. The minimum Gasteiger partial charge on any atom is -0.357 e. The molecule has 0 bridgehead atoms. The molecule has 0 aromatic heterocycles. The fourth-order valence-electron chi connectivity index (χ4n) is 1.71. The van der Waals surface area contributed by atoms with E-state index in [0.717, 1.165) is 13.0 Å². The molecular weight excluding hydrogens is 168 g/mol. The molecule has 2 radical (unpaired) electrons. The SMILES string of the molecule is [B]C(F)OCC1CN[C@H](C(C)C)C1. The second-order valence-electron chi connectivity index (χ2n) is 4.04. The second-order valence-corrected chi connectivity index (χ2v) is 4.04. The maximum Gasteiger partial charge on any atom is 0.157 e. The smallest absolute Gasteiger partial charge is 0.157 e. The minimum atomic E-state index is -1.63. The van der Waals surface area contributed by atoms with Crippen molar-refractivity contribution in [3.05, 3.63) is 0 Å². The Bertz CT molecular complexity index is 155. The Morgan fingerprint density at radius 1 is 1.62 bits per heavy atom. The molecule has 1 saturated heterocycles. The standard InChI is InChI=1S/C9H17BFNO/c1-6(2)8-3-7(4-12-8)5-13-9(10)11/h6-9,12H,3-5H2,1-2H3/t7?,8-,9?/m0/s1. The van der Waals surface area contributed by atoms with Crippen LogP contribution in [0.5, 0.6) is 0 Å². The van der Waals surface area contributed by atoms with E-state index in [9.17, 15) is 4.39 Å². The number of ether oxygens (including phenoxy) is 1. The molecule has 2 nitrogen and oxygen atoms in total. The molecule has 1 aliphatic rings. The first-order valence-corrected chi connectivity index (χ1v) is 4.84. The molecule has 1 rings (SSSR count). The first kappa shape index (κ1) is 11.0. The molecule has 4 heteroatoms. The van der Waals surface area contributed by atoms with Crippen LogP contribution >= 0.6 is 0 Å². The molecule has 1 N–H and O–H groups in total. The van der Waals surface area contributed by atoms with Crippen molar-refractivity contribution in [2.45, 2.75) is 32.6 Å². The minimum absolute atomic E-state index is 0.411. The Morgan fingerprint density at radius 3 is 2.77 bits per heavy atom. The molecule has 1 heterocycles. The van der Waals surface area contributed by atoms with E-state index in [1.54, 1.807) is 0 Å². The Hall–Kier alpha value is -0.0851. The van der Waals surface area contributed by atoms with Gasteiger partial charge < -0.3 is 10.1 Å². The molecule has 0 amide bonds. The summed E-state index contributed by atoms with van der Waals surface area (Å²) in [6.45, 7) is 5.70. The third kappa shape index (κ3) is 3.65. The molecule has 3 atom stereocenters.